The molecule has 3 aliphatic heterocycles. The maximum absolute atomic E-state index is 12.4. The third-order valence-electron chi connectivity index (χ3n) is 5.49. The van der Waals surface area contributed by atoms with Crippen LogP contribution in [0.3, 0.4) is 0 Å². The van der Waals surface area contributed by atoms with E-state index in [1.165, 1.54) is 6.42 Å². The Kier molecular flexibility index (Phi) is 7.52. The number of rotatable bonds is 6. The van der Waals surface area contributed by atoms with Crippen molar-refractivity contribution in [1.29, 1.82) is 0 Å². The molecule has 1 amide bonds. The van der Waals surface area contributed by atoms with Crippen LogP contribution in [0.15, 0.2) is 12.1 Å². The first-order chi connectivity index (χ1) is 14.4. The SMILES string of the molecule is CCC.Cc1c(C(=O)NCC(=O)OCCN2CC3(COC3)C2)ccc2c1B(O)OC2. The van der Waals surface area contributed by atoms with Gasteiger partial charge < -0.3 is 24.5 Å². The number of benzene rings is 1. The third kappa shape index (κ3) is 5.03. The van der Waals surface area contributed by atoms with Gasteiger partial charge in [-0.15, -0.1) is 0 Å². The van der Waals surface area contributed by atoms with E-state index in [1.54, 1.807) is 19.1 Å². The van der Waals surface area contributed by atoms with Crippen LogP contribution in [0, 0.1) is 12.3 Å². The molecule has 8 nitrogen and oxygen atoms in total. The van der Waals surface area contributed by atoms with Gasteiger partial charge in [-0.2, -0.15) is 0 Å². The summed E-state index contributed by atoms with van der Waals surface area (Å²) in [5.41, 5.74) is 2.94. The molecule has 0 unspecified atom stereocenters. The van der Waals surface area contributed by atoms with Gasteiger partial charge in [-0.05, 0) is 29.6 Å². The van der Waals surface area contributed by atoms with E-state index in [4.69, 9.17) is 14.1 Å². The van der Waals surface area contributed by atoms with Gasteiger partial charge in [-0.1, -0.05) is 26.3 Å². The van der Waals surface area contributed by atoms with E-state index in [1.807, 2.05) is 0 Å². The van der Waals surface area contributed by atoms with E-state index in [2.05, 4.69) is 24.1 Å². The number of hydrogen-bond donors (Lipinski definition) is 2. The van der Waals surface area contributed by atoms with E-state index in [0.29, 0.717) is 41.8 Å². The summed E-state index contributed by atoms with van der Waals surface area (Å²) in [6.07, 6.45) is 1.25. The smallest absolute Gasteiger partial charge is 0.463 e. The van der Waals surface area contributed by atoms with Crippen LogP contribution in [0.25, 0.3) is 0 Å². The van der Waals surface area contributed by atoms with Crippen LogP contribution in [0.2, 0.25) is 0 Å². The number of fused-ring (bicyclic) bond motifs is 1. The Hall–Kier alpha value is -1.94. The molecular weight excluding hydrogens is 387 g/mol. The normalized spacial score (nSPS) is 18.6. The maximum Gasteiger partial charge on any atom is 0.492 e. The van der Waals surface area contributed by atoms with Crippen molar-refractivity contribution in [3.05, 3.63) is 28.8 Å². The van der Waals surface area contributed by atoms with Crippen LogP contribution in [0.1, 0.15) is 41.8 Å². The quantitative estimate of drug-likeness (QED) is 0.505. The second-order valence-corrected chi connectivity index (χ2v) is 8.29. The molecule has 30 heavy (non-hydrogen) atoms. The minimum Gasteiger partial charge on any atom is -0.463 e. The molecule has 1 aromatic carbocycles. The van der Waals surface area contributed by atoms with Crippen molar-refractivity contribution in [2.45, 2.75) is 33.8 Å². The number of carbonyl (C=O) groups excluding carboxylic acids is 2. The van der Waals surface area contributed by atoms with Crippen molar-refractivity contribution in [2.75, 3.05) is 46.0 Å². The van der Waals surface area contributed by atoms with Gasteiger partial charge in [0.2, 0.25) is 0 Å². The van der Waals surface area contributed by atoms with Gasteiger partial charge in [0.05, 0.1) is 19.8 Å². The standard InChI is InChI=1S/C18H23BN2O6.C3H8/c1-12-14(3-2-13-7-27-19(24)16(12)13)17(23)20-6-15(22)26-5-4-21-8-18(9-21)10-25-11-18;1-3-2/h2-3,24H,4-11H2,1H3,(H,20,23);3H2,1-2H3. The van der Waals surface area contributed by atoms with Gasteiger partial charge >= 0.3 is 13.1 Å². The molecule has 0 saturated carbocycles. The molecule has 4 rings (SSSR count). The highest BCUT2D eigenvalue weighted by molar-refractivity contribution is 6.62. The van der Waals surface area contributed by atoms with Crippen LogP contribution < -0.4 is 10.8 Å². The van der Waals surface area contributed by atoms with Crippen LogP contribution in [0.4, 0.5) is 0 Å². The average Bonchev–Trinajstić information content (AvgIpc) is 3.03. The van der Waals surface area contributed by atoms with Gasteiger partial charge in [0.1, 0.15) is 13.2 Å². The summed E-state index contributed by atoms with van der Waals surface area (Å²) < 4.78 is 15.6. The minimum atomic E-state index is -1.01. The zero-order valence-electron chi connectivity index (χ0n) is 18.0. The lowest BCUT2D eigenvalue weighted by molar-refractivity contribution is -0.191. The lowest BCUT2D eigenvalue weighted by Gasteiger charge is -2.55. The largest absolute Gasteiger partial charge is 0.492 e. The number of esters is 1. The van der Waals surface area contributed by atoms with E-state index >= 15 is 0 Å². The molecule has 2 N–H and O–H groups in total. The summed E-state index contributed by atoms with van der Waals surface area (Å²) in [7, 11) is -1.01. The van der Waals surface area contributed by atoms with Gasteiger partial charge in [0, 0.05) is 30.6 Å². The second-order valence-electron chi connectivity index (χ2n) is 8.29. The number of carbonyl (C=O) groups is 2. The molecule has 2 saturated heterocycles. The Bertz CT molecular complexity index is 775. The molecule has 3 heterocycles. The summed E-state index contributed by atoms with van der Waals surface area (Å²) in [5, 5.41) is 12.4. The van der Waals surface area contributed by atoms with E-state index in [0.717, 1.165) is 31.9 Å². The number of nitrogens with zero attached hydrogens (tertiary/aromatic N) is 1. The predicted octanol–water partition coefficient (Wildman–Crippen LogP) is 0.234. The van der Waals surface area contributed by atoms with Crippen LogP contribution in [-0.4, -0.2) is 74.9 Å². The van der Waals surface area contributed by atoms with Crippen molar-refractivity contribution < 1.29 is 28.7 Å². The molecular formula is C21H31BN2O6. The molecule has 0 aromatic heterocycles. The number of nitrogens with one attached hydrogen (secondary N) is 1. The van der Waals surface area contributed by atoms with Gasteiger partial charge in [-0.3, -0.25) is 14.5 Å². The van der Waals surface area contributed by atoms with E-state index < -0.39 is 13.1 Å². The molecule has 164 valence electrons. The zero-order valence-corrected chi connectivity index (χ0v) is 18.0. The lowest BCUT2D eigenvalue weighted by atomic mass is 9.75. The zero-order chi connectivity index (χ0) is 21.7. The molecule has 2 fully saturated rings. The first-order valence-electron chi connectivity index (χ1n) is 10.5. The Labute approximate surface area is 178 Å². The minimum absolute atomic E-state index is 0.188. The van der Waals surface area contributed by atoms with Crippen LogP contribution in [-0.2, 0) is 25.5 Å². The molecule has 1 aromatic rings. The van der Waals surface area contributed by atoms with Crippen LogP contribution >= 0.6 is 0 Å². The Morgan fingerprint density at radius 3 is 2.63 bits per heavy atom. The average molecular weight is 418 g/mol. The fourth-order valence-electron chi connectivity index (χ4n) is 3.97. The third-order valence-corrected chi connectivity index (χ3v) is 5.49. The number of hydrogen-bond acceptors (Lipinski definition) is 7. The highest BCUT2D eigenvalue weighted by atomic mass is 16.5. The molecule has 9 heteroatoms. The number of likely N-dealkylation sites (tertiary alicyclic amines) is 1. The number of amides is 1. The molecule has 0 bridgehead atoms. The first kappa shape index (κ1) is 22.7. The van der Waals surface area contributed by atoms with Crippen molar-refractivity contribution in [3.8, 4) is 0 Å². The van der Waals surface area contributed by atoms with Crippen molar-refractivity contribution >= 4 is 24.5 Å². The summed E-state index contributed by atoms with van der Waals surface area (Å²) in [6.45, 7) is 10.8. The Morgan fingerprint density at radius 2 is 2.00 bits per heavy atom. The fraction of sp³-hybridized carbons (Fsp3) is 0.619. The molecule has 3 aliphatic rings. The van der Waals surface area contributed by atoms with Crippen LogP contribution in [0.5, 0.6) is 0 Å². The molecule has 0 radical (unpaired) electrons. The summed E-state index contributed by atoms with van der Waals surface area (Å²) in [4.78, 5) is 26.4. The van der Waals surface area contributed by atoms with Gasteiger partial charge in [0.25, 0.3) is 5.91 Å². The Balaban J connectivity index is 0.000000806. The van der Waals surface area contributed by atoms with Crippen molar-refractivity contribution in [3.63, 3.8) is 0 Å². The monoisotopic (exact) mass is 418 g/mol. The summed E-state index contributed by atoms with van der Waals surface area (Å²) >= 11 is 0. The lowest BCUT2D eigenvalue weighted by Crippen LogP contribution is -2.66. The van der Waals surface area contributed by atoms with Crippen molar-refractivity contribution in [2.24, 2.45) is 5.41 Å². The highest BCUT2D eigenvalue weighted by Gasteiger charge is 2.48. The van der Waals surface area contributed by atoms with Gasteiger partial charge in [-0.25, -0.2) is 0 Å². The molecule has 0 atom stereocenters. The predicted molar refractivity (Wildman–Crippen MR) is 113 cm³/mol. The van der Waals surface area contributed by atoms with E-state index in [-0.39, 0.29) is 12.5 Å². The first-order valence-corrected chi connectivity index (χ1v) is 10.5. The summed E-state index contributed by atoms with van der Waals surface area (Å²) in [6, 6.07) is 3.44. The fourth-order valence-corrected chi connectivity index (χ4v) is 3.97. The Morgan fingerprint density at radius 1 is 1.30 bits per heavy atom. The topological polar surface area (TPSA) is 97.3 Å². The van der Waals surface area contributed by atoms with Gasteiger partial charge in [0.15, 0.2) is 0 Å². The molecule has 0 aliphatic carbocycles. The second kappa shape index (κ2) is 9.91. The maximum atomic E-state index is 12.4. The summed E-state index contributed by atoms with van der Waals surface area (Å²) in [5.74, 6) is -0.839. The van der Waals surface area contributed by atoms with E-state index in [9.17, 15) is 14.6 Å². The van der Waals surface area contributed by atoms with Crippen molar-refractivity contribution in [1.82, 2.24) is 10.2 Å². The molecule has 1 spiro atoms. The highest BCUT2D eigenvalue weighted by Crippen LogP contribution is 2.36. The number of ether oxygens (including phenoxy) is 2.